The van der Waals surface area contributed by atoms with Gasteiger partial charge in [-0.2, -0.15) is 0 Å². The molecule has 0 aliphatic heterocycles. The van der Waals surface area contributed by atoms with Gasteiger partial charge in [0, 0.05) is 12.6 Å². The Morgan fingerprint density at radius 3 is 2.35 bits per heavy atom. The molecule has 0 aliphatic rings. The van der Waals surface area contributed by atoms with Crippen molar-refractivity contribution in [2.45, 2.75) is 25.3 Å². The molecule has 124 valence electrons. The standard InChI is InChI=1S/C16H17Cl2NO3S/c1-3-22-15-8-14(18)16(9-13(15)17)23(20,21)19-10-12-6-4-11(2)5-7-12/h4-9,19H,3,10H2,1-2H3. The van der Waals surface area contributed by atoms with E-state index in [-0.39, 0.29) is 21.5 Å². The summed E-state index contributed by atoms with van der Waals surface area (Å²) in [6, 6.07) is 10.3. The third kappa shape index (κ3) is 4.61. The molecule has 7 heteroatoms. The van der Waals surface area contributed by atoms with E-state index in [1.807, 2.05) is 31.2 Å². The van der Waals surface area contributed by atoms with Gasteiger partial charge in [0.2, 0.25) is 10.0 Å². The highest BCUT2D eigenvalue weighted by atomic mass is 35.5. The second-order valence-corrected chi connectivity index (χ2v) is 7.51. The first-order valence-corrected chi connectivity index (χ1v) is 9.24. The number of hydrogen-bond acceptors (Lipinski definition) is 3. The van der Waals surface area contributed by atoms with Crippen molar-refractivity contribution in [1.82, 2.24) is 4.72 Å². The third-order valence-electron chi connectivity index (χ3n) is 3.16. The van der Waals surface area contributed by atoms with E-state index in [1.165, 1.54) is 12.1 Å². The first kappa shape index (κ1) is 18.1. The first-order chi connectivity index (χ1) is 10.8. The number of hydrogen-bond donors (Lipinski definition) is 1. The predicted molar refractivity (Wildman–Crippen MR) is 92.8 cm³/mol. The highest BCUT2D eigenvalue weighted by Gasteiger charge is 2.20. The summed E-state index contributed by atoms with van der Waals surface area (Å²) in [5.41, 5.74) is 1.96. The summed E-state index contributed by atoms with van der Waals surface area (Å²) in [6.45, 7) is 4.35. The fraction of sp³-hybridized carbons (Fsp3) is 0.250. The molecule has 0 amide bonds. The Labute approximate surface area is 146 Å². The molecule has 1 N–H and O–H groups in total. The van der Waals surface area contributed by atoms with Crippen LogP contribution in [-0.4, -0.2) is 15.0 Å². The van der Waals surface area contributed by atoms with Crippen molar-refractivity contribution in [2.24, 2.45) is 0 Å². The zero-order valence-corrected chi connectivity index (χ0v) is 15.1. The van der Waals surface area contributed by atoms with Crippen molar-refractivity contribution in [3.8, 4) is 5.75 Å². The average molecular weight is 374 g/mol. The monoisotopic (exact) mass is 373 g/mol. The van der Waals surface area contributed by atoms with Gasteiger partial charge in [0.15, 0.2) is 0 Å². The second-order valence-electron chi connectivity index (χ2n) is 4.96. The van der Waals surface area contributed by atoms with Gasteiger partial charge < -0.3 is 4.74 Å². The highest BCUT2D eigenvalue weighted by molar-refractivity contribution is 7.89. The topological polar surface area (TPSA) is 55.4 Å². The van der Waals surface area contributed by atoms with Gasteiger partial charge in [0.1, 0.15) is 10.6 Å². The maximum atomic E-state index is 12.4. The normalized spacial score (nSPS) is 11.5. The maximum Gasteiger partial charge on any atom is 0.242 e. The molecule has 0 spiro atoms. The number of rotatable bonds is 6. The number of nitrogens with one attached hydrogen (secondary N) is 1. The molecule has 0 saturated carbocycles. The SMILES string of the molecule is CCOc1cc(Cl)c(S(=O)(=O)NCc2ccc(C)cc2)cc1Cl. The molecule has 0 aliphatic carbocycles. The van der Waals surface area contributed by atoms with E-state index in [0.29, 0.717) is 12.4 Å². The van der Waals surface area contributed by atoms with Crippen molar-refractivity contribution in [3.05, 3.63) is 57.6 Å². The molecule has 0 unspecified atom stereocenters. The van der Waals surface area contributed by atoms with E-state index >= 15 is 0 Å². The van der Waals surface area contributed by atoms with E-state index < -0.39 is 10.0 Å². The van der Waals surface area contributed by atoms with Crippen LogP contribution in [0.2, 0.25) is 10.0 Å². The van der Waals surface area contributed by atoms with Crippen molar-refractivity contribution < 1.29 is 13.2 Å². The van der Waals surface area contributed by atoms with E-state index in [4.69, 9.17) is 27.9 Å². The zero-order chi connectivity index (χ0) is 17.0. The fourth-order valence-corrected chi connectivity index (χ4v) is 3.79. The average Bonchev–Trinajstić information content (AvgIpc) is 2.50. The van der Waals surface area contributed by atoms with Gasteiger partial charge in [0.05, 0.1) is 16.7 Å². The quantitative estimate of drug-likeness (QED) is 0.825. The molecule has 0 atom stereocenters. The van der Waals surface area contributed by atoms with Gasteiger partial charge >= 0.3 is 0 Å². The van der Waals surface area contributed by atoms with Crippen LogP contribution in [0.5, 0.6) is 5.75 Å². The minimum Gasteiger partial charge on any atom is -0.492 e. The maximum absolute atomic E-state index is 12.4. The summed E-state index contributed by atoms with van der Waals surface area (Å²) in [6.07, 6.45) is 0. The van der Waals surface area contributed by atoms with Crippen LogP contribution in [0.25, 0.3) is 0 Å². The number of ether oxygens (including phenoxy) is 1. The van der Waals surface area contributed by atoms with Crippen LogP contribution in [0.15, 0.2) is 41.3 Å². The smallest absolute Gasteiger partial charge is 0.242 e. The third-order valence-corrected chi connectivity index (χ3v) is 5.32. The molecule has 23 heavy (non-hydrogen) atoms. The summed E-state index contributed by atoms with van der Waals surface area (Å²) >= 11 is 12.1. The Bertz CT molecular complexity index is 790. The van der Waals surface area contributed by atoms with Crippen LogP contribution in [0, 0.1) is 6.92 Å². The summed E-state index contributed by atoms with van der Waals surface area (Å²) < 4.78 is 32.7. The van der Waals surface area contributed by atoms with Crippen LogP contribution in [-0.2, 0) is 16.6 Å². The van der Waals surface area contributed by atoms with E-state index in [1.54, 1.807) is 6.92 Å². The number of sulfonamides is 1. The lowest BCUT2D eigenvalue weighted by molar-refractivity contribution is 0.340. The van der Waals surface area contributed by atoms with Crippen LogP contribution in [0.3, 0.4) is 0 Å². The molecule has 0 radical (unpaired) electrons. The number of aryl methyl sites for hydroxylation is 1. The lowest BCUT2D eigenvalue weighted by Gasteiger charge is -2.12. The molecular weight excluding hydrogens is 357 g/mol. The molecular formula is C16H17Cl2NO3S. The Morgan fingerprint density at radius 2 is 1.74 bits per heavy atom. The summed E-state index contributed by atoms with van der Waals surface area (Å²) in [5.74, 6) is 0.358. The Hall–Kier alpha value is -1.27. The van der Waals surface area contributed by atoms with Crippen LogP contribution < -0.4 is 9.46 Å². The molecule has 2 aromatic rings. The minimum absolute atomic E-state index is 0.0641. The van der Waals surface area contributed by atoms with Gasteiger partial charge in [-0.25, -0.2) is 13.1 Å². The van der Waals surface area contributed by atoms with Gasteiger partial charge in [-0.3, -0.25) is 0 Å². The molecule has 0 bridgehead atoms. The largest absolute Gasteiger partial charge is 0.492 e. The molecule has 0 heterocycles. The van der Waals surface area contributed by atoms with Crippen LogP contribution >= 0.6 is 23.2 Å². The van der Waals surface area contributed by atoms with E-state index in [0.717, 1.165) is 11.1 Å². The first-order valence-electron chi connectivity index (χ1n) is 7.00. The Balaban J connectivity index is 2.22. The van der Waals surface area contributed by atoms with Crippen LogP contribution in [0.4, 0.5) is 0 Å². The van der Waals surface area contributed by atoms with Crippen molar-refractivity contribution >= 4 is 33.2 Å². The number of benzene rings is 2. The second kappa shape index (κ2) is 7.53. The molecule has 4 nitrogen and oxygen atoms in total. The van der Waals surface area contributed by atoms with E-state index in [2.05, 4.69) is 4.72 Å². The minimum atomic E-state index is -3.78. The highest BCUT2D eigenvalue weighted by Crippen LogP contribution is 2.33. The summed E-state index contributed by atoms with van der Waals surface area (Å²) in [5, 5.41) is 0.265. The molecule has 0 saturated heterocycles. The van der Waals surface area contributed by atoms with Gasteiger partial charge in [-0.05, 0) is 25.5 Å². The van der Waals surface area contributed by atoms with Gasteiger partial charge in [-0.1, -0.05) is 53.0 Å². The Kier molecular flexibility index (Phi) is 5.92. The van der Waals surface area contributed by atoms with Gasteiger partial charge in [0.25, 0.3) is 0 Å². The predicted octanol–water partition coefficient (Wildman–Crippen LogP) is 4.18. The Morgan fingerprint density at radius 1 is 1.09 bits per heavy atom. The number of halogens is 2. The summed E-state index contributed by atoms with van der Waals surface area (Å²) in [4.78, 5) is -0.0697. The van der Waals surface area contributed by atoms with E-state index in [9.17, 15) is 8.42 Å². The van der Waals surface area contributed by atoms with Crippen LogP contribution in [0.1, 0.15) is 18.1 Å². The van der Waals surface area contributed by atoms with Crippen molar-refractivity contribution in [1.29, 1.82) is 0 Å². The molecule has 2 aromatic carbocycles. The molecule has 0 fully saturated rings. The fourth-order valence-electron chi connectivity index (χ4n) is 1.94. The molecule has 2 rings (SSSR count). The lowest BCUT2D eigenvalue weighted by Crippen LogP contribution is -2.23. The van der Waals surface area contributed by atoms with Crippen molar-refractivity contribution in [3.63, 3.8) is 0 Å². The zero-order valence-electron chi connectivity index (χ0n) is 12.8. The lowest BCUT2D eigenvalue weighted by atomic mass is 10.2. The molecule has 0 aromatic heterocycles. The van der Waals surface area contributed by atoms with Gasteiger partial charge in [-0.15, -0.1) is 0 Å². The van der Waals surface area contributed by atoms with Crippen molar-refractivity contribution in [2.75, 3.05) is 6.61 Å². The summed E-state index contributed by atoms with van der Waals surface area (Å²) in [7, 11) is -3.78.